The van der Waals surface area contributed by atoms with Gasteiger partial charge in [0.05, 0.1) is 23.1 Å². The first-order valence-corrected chi connectivity index (χ1v) is 7.11. The molecule has 1 fully saturated rings. The fourth-order valence-corrected chi connectivity index (χ4v) is 2.27. The average molecular weight is 282 g/mol. The van der Waals surface area contributed by atoms with Gasteiger partial charge in [0.2, 0.25) is 0 Å². The van der Waals surface area contributed by atoms with Crippen LogP contribution < -0.4 is 5.46 Å². The first-order chi connectivity index (χ1) is 9.89. The summed E-state index contributed by atoms with van der Waals surface area (Å²) in [6, 6.07) is 8.07. The van der Waals surface area contributed by atoms with Gasteiger partial charge < -0.3 is 9.31 Å². The Labute approximate surface area is 125 Å². The summed E-state index contributed by atoms with van der Waals surface area (Å²) < 4.78 is 12.2. The van der Waals surface area contributed by atoms with E-state index in [1.807, 2.05) is 24.3 Å². The van der Waals surface area contributed by atoms with E-state index < -0.39 is 0 Å². The molecule has 5 heteroatoms. The van der Waals surface area contributed by atoms with E-state index in [2.05, 4.69) is 37.7 Å². The van der Waals surface area contributed by atoms with Crippen molar-refractivity contribution in [1.82, 2.24) is 9.97 Å². The van der Waals surface area contributed by atoms with Crippen LogP contribution in [0.1, 0.15) is 27.7 Å². The Morgan fingerprint density at radius 2 is 1.71 bits per heavy atom. The molecule has 108 valence electrons. The Balaban J connectivity index is 1.92. The van der Waals surface area contributed by atoms with Crippen molar-refractivity contribution in [3.63, 3.8) is 0 Å². The predicted octanol–water partition coefficient (Wildman–Crippen LogP) is 2.44. The number of nitrogens with zero attached hydrogens (tertiary/aromatic N) is 2. The third-order valence-corrected chi connectivity index (χ3v) is 4.27. The van der Waals surface area contributed by atoms with E-state index in [-0.39, 0.29) is 18.3 Å². The van der Waals surface area contributed by atoms with Gasteiger partial charge in [0, 0.05) is 18.0 Å². The van der Waals surface area contributed by atoms with Crippen LogP contribution in [0.15, 0.2) is 42.9 Å². The van der Waals surface area contributed by atoms with Gasteiger partial charge in [0.25, 0.3) is 0 Å². The lowest BCUT2D eigenvalue weighted by molar-refractivity contribution is 0.00578. The standard InChI is InChI=1S/C16H19BN2O2/c1-15(2)16(3,4)21-17(20-15)13-7-5-6-12(10-13)14-11-18-8-9-19-14/h5-11H,1-4H3. The Bertz CT molecular complexity index is 628. The highest BCUT2D eigenvalue weighted by molar-refractivity contribution is 6.62. The van der Waals surface area contributed by atoms with Crippen LogP contribution in [0.25, 0.3) is 11.3 Å². The lowest BCUT2D eigenvalue weighted by Gasteiger charge is -2.32. The van der Waals surface area contributed by atoms with Crippen LogP contribution >= 0.6 is 0 Å². The summed E-state index contributed by atoms with van der Waals surface area (Å²) in [5.74, 6) is 0. The van der Waals surface area contributed by atoms with Gasteiger partial charge in [-0.2, -0.15) is 0 Å². The van der Waals surface area contributed by atoms with E-state index in [0.717, 1.165) is 16.7 Å². The summed E-state index contributed by atoms with van der Waals surface area (Å²) in [5.41, 5.74) is 2.18. The van der Waals surface area contributed by atoms with E-state index in [1.165, 1.54) is 0 Å². The molecule has 2 heterocycles. The molecule has 0 N–H and O–H groups in total. The summed E-state index contributed by atoms with van der Waals surface area (Å²) >= 11 is 0. The molecule has 0 saturated carbocycles. The summed E-state index contributed by atoms with van der Waals surface area (Å²) in [4.78, 5) is 8.44. The lowest BCUT2D eigenvalue weighted by Crippen LogP contribution is -2.41. The van der Waals surface area contributed by atoms with Crippen molar-refractivity contribution in [3.8, 4) is 11.3 Å². The van der Waals surface area contributed by atoms with E-state index in [4.69, 9.17) is 9.31 Å². The first kappa shape index (κ1) is 14.2. The van der Waals surface area contributed by atoms with Crippen molar-refractivity contribution < 1.29 is 9.31 Å². The summed E-state index contributed by atoms with van der Waals surface area (Å²) in [6.45, 7) is 8.22. The molecule has 0 bridgehead atoms. The van der Waals surface area contributed by atoms with Crippen LogP contribution in [-0.4, -0.2) is 28.3 Å². The third kappa shape index (κ3) is 2.59. The second kappa shape index (κ2) is 4.93. The summed E-state index contributed by atoms with van der Waals surface area (Å²) in [6.07, 6.45) is 5.11. The highest BCUT2D eigenvalue weighted by Gasteiger charge is 2.51. The molecule has 0 atom stereocenters. The van der Waals surface area contributed by atoms with Crippen LogP contribution in [0.4, 0.5) is 0 Å². The topological polar surface area (TPSA) is 44.2 Å². The fourth-order valence-electron chi connectivity index (χ4n) is 2.27. The van der Waals surface area contributed by atoms with Gasteiger partial charge in [0.15, 0.2) is 0 Å². The first-order valence-electron chi connectivity index (χ1n) is 7.11. The largest absolute Gasteiger partial charge is 0.494 e. The van der Waals surface area contributed by atoms with Crippen LogP contribution in [0.2, 0.25) is 0 Å². The molecule has 1 aromatic heterocycles. The van der Waals surface area contributed by atoms with Gasteiger partial charge >= 0.3 is 7.12 Å². The van der Waals surface area contributed by atoms with E-state index in [0.29, 0.717) is 0 Å². The molecule has 1 aromatic carbocycles. The molecule has 0 spiro atoms. The van der Waals surface area contributed by atoms with Gasteiger partial charge in [-0.25, -0.2) is 0 Å². The van der Waals surface area contributed by atoms with Crippen molar-refractivity contribution >= 4 is 12.6 Å². The molecule has 0 amide bonds. The van der Waals surface area contributed by atoms with Crippen molar-refractivity contribution in [2.75, 3.05) is 0 Å². The molecule has 1 aliphatic heterocycles. The number of aromatic nitrogens is 2. The Kier molecular flexibility index (Phi) is 3.34. The predicted molar refractivity (Wildman–Crippen MR) is 83.2 cm³/mol. The van der Waals surface area contributed by atoms with E-state index >= 15 is 0 Å². The molecule has 1 aliphatic rings. The zero-order valence-electron chi connectivity index (χ0n) is 12.8. The van der Waals surface area contributed by atoms with Crippen LogP contribution in [-0.2, 0) is 9.31 Å². The second-order valence-corrected chi connectivity index (χ2v) is 6.30. The maximum Gasteiger partial charge on any atom is 0.494 e. The van der Waals surface area contributed by atoms with Gasteiger partial charge in [-0.15, -0.1) is 0 Å². The maximum absolute atomic E-state index is 6.08. The van der Waals surface area contributed by atoms with Crippen molar-refractivity contribution in [2.45, 2.75) is 38.9 Å². The zero-order chi connectivity index (χ0) is 15.1. The molecule has 2 aromatic rings. The molecule has 0 unspecified atom stereocenters. The van der Waals surface area contributed by atoms with Gasteiger partial charge in [-0.3, -0.25) is 9.97 Å². The van der Waals surface area contributed by atoms with Gasteiger partial charge in [-0.05, 0) is 33.2 Å². The molecule has 0 radical (unpaired) electrons. The Morgan fingerprint density at radius 3 is 2.33 bits per heavy atom. The van der Waals surface area contributed by atoms with Crippen LogP contribution in [0.5, 0.6) is 0 Å². The van der Waals surface area contributed by atoms with Crippen molar-refractivity contribution in [2.24, 2.45) is 0 Å². The van der Waals surface area contributed by atoms with E-state index in [1.54, 1.807) is 18.6 Å². The Morgan fingerprint density at radius 1 is 1.00 bits per heavy atom. The zero-order valence-corrected chi connectivity index (χ0v) is 12.8. The fraction of sp³-hybridized carbons (Fsp3) is 0.375. The molecule has 4 nitrogen and oxygen atoms in total. The molecular formula is C16H19BN2O2. The molecule has 21 heavy (non-hydrogen) atoms. The molecular weight excluding hydrogens is 263 g/mol. The quantitative estimate of drug-likeness (QED) is 0.794. The minimum Gasteiger partial charge on any atom is -0.399 e. The van der Waals surface area contributed by atoms with Crippen LogP contribution in [0.3, 0.4) is 0 Å². The average Bonchev–Trinajstić information content (AvgIpc) is 2.69. The summed E-state index contributed by atoms with van der Waals surface area (Å²) in [7, 11) is -0.355. The van der Waals surface area contributed by atoms with Crippen molar-refractivity contribution in [3.05, 3.63) is 42.9 Å². The second-order valence-electron chi connectivity index (χ2n) is 6.30. The lowest BCUT2D eigenvalue weighted by atomic mass is 9.78. The van der Waals surface area contributed by atoms with Gasteiger partial charge in [-0.1, -0.05) is 24.3 Å². The monoisotopic (exact) mass is 282 g/mol. The number of hydrogen-bond acceptors (Lipinski definition) is 4. The van der Waals surface area contributed by atoms with Crippen molar-refractivity contribution in [1.29, 1.82) is 0 Å². The highest BCUT2D eigenvalue weighted by atomic mass is 16.7. The highest BCUT2D eigenvalue weighted by Crippen LogP contribution is 2.36. The molecule has 3 rings (SSSR count). The van der Waals surface area contributed by atoms with Gasteiger partial charge in [0.1, 0.15) is 0 Å². The minimum absolute atomic E-state index is 0.333. The molecule has 1 saturated heterocycles. The normalized spacial score (nSPS) is 19.7. The number of hydrogen-bond donors (Lipinski definition) is 0. The number of benzene rings is 1. The van der Waals surface area contributed by atoms with Crippen LogP contribution in [0, 0.1) is 0 Å². The third-order valence-electron chi connectivity index (χ3n) is 4.27. The number of rotatable bonds is 2. The smallest absolute Gasteiger partial charge is 0.399 e. The maximum atomic E-state index is 6.08. The summed E-state index contributed by atoms with van der Waals surface area (Å²) in [5, 5.41) is 0. The minimum atomic E-state index is -0.355. The SMILES string of the molecule is CC1(C)OB(c2cccc(-c3cnccn3)c2)OC1(C)C. The Hall–Kier alpha value is -1.72. The molecule has 0 aliphatic carbocycles. The van der Waals surface area contributed by atoms with E-state index in [9.17, 15) is 0 Å².